The summed E-state index contributed by atoms with van der Waals surface area (Å²) in [6.07, 6.45) is 1.29. The Kier molecular flexibility index (Phi) is 2.77. The molecule has 2 rings (SSSR count). The van der Waals surface area contributed by atoms with Crippen LogP contribution in [0, 0.1) is 5.82 Å². The summed E-state index contributed by atoms with van der Waals surface area (Å²) in [6.45, 7) is 0.827. The summed E-state index contributed by atoms with van der Waals surface area (Å²) in [7, 11) is 0. The molecule has 0 aliphatic carbocycles. The minimum atomic E-state index is -0.482. The fourth-order valence-electron chi connectivity index (χ4n) is 1.40. The summed E-state index contributed by atoms with van der Waals surface area (Å²) in [5.41, 5.74) is 5.93. The first kappa shape index (κ1) is 10.6. The molecule has 0 unspecified atom stereocenters. The lowest BCUT2D eigenvalue weighted by Gasteiger charge is -2.02. The fourth-order valence-corrected chi connectivity index (χ4v) is 1.89. The van der Waals surface area contributed by atoms with Gasteiger partial charge in [0.2, 0.25) is 5.28 Å². The van der Waals surface area contributed by atoms with Gasteiger partial charge in [-0.1, -0.05) is 11.6 Å². The van der Waals surface area contributed by atoms with Gasteiger partial charge in [0.15, 0.2) is 11.0 Å². The second-order valence-electron chi connectivity index (χ2n) is 2.94. The van der Waals surface area contributed by atoms with Crippen molar-refractivity contribution in [3.8, 4) is 0 Å². The van der Waals surface area contributed by atoms with Crippen LogP contribution in [0.1, 0.15) is 0 Å². The molecule has 0 aliphatic heterocycles. The molecule has 2 aromatic heterocycles. The molecule has 0 atom stereocenters. The van der Waals surface area contributed by atoms with Crippen LogP contribution in [0.4, 0.5) is 4.39 Å². The largest absolute Gasteiger partial charge is 0.339 e. The maximum Gasteiger partial charge on any atom is 0.224 e. The Balaban J connectivity index is 2.75. The van der Waals surface area contributed by atoms with Crippen LogP contribution < -0.4 is 5.73 Å². The summed E-state index contributed by atoms with van der Waals surface area (Å²) in [6, 6.07) is 0. The van der Waals surface area contributed by atoms with Gasteiger partial charge in [-0.05, 0) is 11.6 Å². The van der Waals surface area contributed by atoms with Gasteiger partial charge in [0.1, 0.15) is 11.0 Å². The summed E-state index contributed by atoms with van der Waals surface area (Å²) in [4.78, 5) is 7.52. The van der Waals surface area contributed by atoms with Crippen molar-refractivity contribution >= 4 is 34.2 Å². The Bertz CT molecular complexity index is 511. The normalized spacial score (nSPS) is 11.2. The third-order valence-electron chi connectivity index (χ3n) is 1.97. The molecule has 0 aliphatic rings. The van der Waals surface area contributed by atoms with Crippen LogP contribution in [0.15, 0.2) is 6.20 Å². The molecule has 0 bridgehead atoms. The van der Waals surface area contributed by atoms with Crippen molar-refractivity contribution in [3.63, 3.8) is 0 Å². The monoisotopic (exact) mass is 248 g/mol. The van der Waals surface area contributed by atoms with Crippen LogP contribution in [0.5, 0.6) is 0 Å². The fraction of sp³-hybridized carbons (Fsp3) is 0.250. The quantitative estimate of drug-likeness (QED) is 0.652. The van der Waals surface area contributed by atoms with Gasteiger partial charge < -0.3 is 10.3 Å². The van der Waals surface area contributed by atoms with Gasteiger partial charge in [0.25, 0.3) is 0 Å². The van der Waals surface area contributed by atoms with Crippen LogP contribution >= 0.6 is 23.2 Å². The van der Waals surface area contributed by atoms with E-state index in [0.717, 1.165) is 0 Å². The molecule has 7 heteroatoms. The maximum atomic E-state index is 13.4. The zero-order valence-corrected chi connectivity index (χ0v) is 9.06. The number of nitrogens with zero attached hydrogens (tertiary/aromatic N) is 3. The van der Waals surface area contributed by atoms with E-state index in [2.05, 4.69) is 9.97 Å². The molecule has 2 N–H and O–H groups in total. The summed E-state index contributed by atoms with van der Waals surface area (Å²) in [5.74, 6) is -0.482. The third-order valence-corrected chi connectivity index (χ3v) is 2.40. The molecule has 0 amide bonds. The minimum absolute atomic E-state index is 0.0723. The van der Waals surface area contributed by atoms with Gasteiger partial charge in [-0.2, -0.15) is 0 Å². The maximum absolute atomic E-state index is 13.4. The van der Waals surface area contributed by atoms with Gasteiger partial charge in [0, 0.05) is 19.3 Å². The van der Waals surface area contributed by atoms with E-state index in [1.807, 2.05) is 0 Å². The molecule has 0 spiro atoms. The van der Waals surface area contributed by atoms with Crippen molar-refractivity contribution in [3.05, 3.63) is 22.5 Å². The minimum Gasteiger partial charge on any atom is -0.339 e. The van der Waals surface area contributed by atoms with Crippen molar-refractivity contribution in [1.29, 1.82) is 0 Å². The van der Waals surface area contributed by atoms with E-state index < -0.39 is 5.82 Å². The Morgan fingerprint density at radius 1 is 1.40 bits per heavy atom. The van der Waals surface area contributed by atoms with E-state index in [0.29, 0.717) is 18.6 Å². The summed E-state index contributed by atoms with van der Waals surface area (Å²) in [5, 5.41) is 0.0549. The second kappa shape index (κ2) is 3.92. The third kappa shape index (κ3) is 1.78. The number of aromatic nitrogens is 3. The molecule has 2 heterocycles. The van der Waals surface area contributed by atoms with E-state index in [-0.39, 0.29) is 16.0 Å². The second-order valence-corrected chi connectivity index (χ2v) is 3.64. The Labute approximate surface area is 94.8 Å². The molecule has 0 saturated carbocycles. The van der Waals surface area contributed by atoms with Crippen molar-refractivity contribution in [2.24, 2.45) is 5.73 Å². The molecule has 80 valence electrons. The van der Waals surface area contributed by atoms with Crippen molar-refractivity contribution in [2.75, 3.05) is 6.54 Å². The van der Waals surface area contributed by atoms with Gasteiger partial charge in [-0.15, -0.1) is 0 Å². The number of hydrogen-bond donors (Lipinski definition) is 1. The van der Waals surface area contributed by atoms with Gasteiger partial charge >= 0.3 is 0 Å². The molecular formula is C8H7Cl2FN4. The average Bonchev–Trinajstić information content (AvgIpc) is 2.44. The van der Waals surface area contributed by atoms with Gasteiger partial charge in [0.05, 0.1) is 0 Å². The molecule has 15 heavy (non-hydrogen) atoms. The summed E-state index contributed by atoms with van der Waals surface area (Å²) >= 11 is 11.4. The molecule has 0 fully saturated rings. The van der Waals surface area contributed by atoms with E-state index in [1.54, 1.807) is 4.57 Å². The van der Waals surface area contributed by atoms with Crippen LogP contribution in [-0.4, -0.2) is 21.1 Å². The van der Waals surface area contributed by atoms with E-state index in [9.17, 15) is 4.39 Å². The summed E-state index contributed by atoms with van der Waals surface area (Å²) < 4.78 is 15.0. The Morgan fingerprint density at radius 3 is 2.80 bits per heavy atom. The number of rotatable bonds is 2. The number of nitrogens with two attached hydrogens (primary N) is 1. The first-order chi connectivity index (χ1) is 7.13. The van der Waals surface area contributed by atoms with Crippen molar-refractivity contribution in [1.82, 2.24) is 14.5 Å². The highest BCUT2D eigenvalue weighted by Crippen LogP contribution is 2.25. The number of fused-ring (bicyclic) bond motifs is 1. The molecule has 2 aromatic rings. The Hall–Kier alpha value is -0.910. The zero-order chi connectivity index (χ0) is 11.0. The van der Waals surface area contributed by atoms with Crippen molar-refractivity contribution < 1.29 is 4.39 Å². The highest BCUT2D eigenvalue weighted by atomic mass is 35.5. The van der Waals surface area contributed by atoms with E-state index >= 15 is 0 Å². The molecule has 4 nitrogen and oxygen atoms in total. The first-order valence-corrected chi connectivity index (χ1v) is 4.96. The first-order valence-electron chi connectivity index (χ1n) is 4.21. The highest BCUT2D eigenvalue weighted by molar-refractivity contribution is 6.35. The topological polar surface area (TPSA) is 56.7 Å². The van der Waals surface area contributed by atoms with Crippen molar-refractivity contribution in [2.45, 2.75) is 6.54 Å². The zero-order valence-electron chi connectivity index (χ0n) is 7.54. The predicted molar refractivity (Wildman–Crippen MR) is 56.6 cm³/mol. The van der Waals surface area contributed by atoms with Crippen LogP contribution in [0.2, 0.25) is 10.4 Å². The lowest BCUT2D eigenvalue weighted by atomic mass is 10.4. The van der Waals surface area contributed by atoms with Crippen LogP contribution in [0.3, 0.4) is 0 Å². The number of halogens is 3. The van der Waals surface area contributed by atoms with E-state index in [4.69, 9.17) is 28.9 Å². The molecule has 0 radical (unpaired) electrons. The van der Waals surface area contributed by atoms with Gasteiger partial charge in [-0.3, -0.25) is 0 Å². The van der Waals surface area contributed by atoms with Crippen LogP contribution in [-0.2, 0) is 6.54 Å². The molecular weight excluding hydrogens is 242 g/mol. The SMILES string of the molecule is NCCn1cc(F)c2nc(Cl)nc(Cl)c21. The lowest BCUT2D eigenvalue weighted by Crippen LogP contribution is -2.09. The smallest absolute Gasteiger partial charge is 0.224 e. The molecule has 0 aromatic carbocycles. The average molecular weight is 249 g/mol. The lowest BCUT2D eigenvalue weighted by molar-refractivity contribution is 0.621. The van der Waals surface area contributed by atoms with Gasteiger partial charge in [-0.25, -0.2) is 14.4 Å². The number of hydrogen-bond acceptors (Lipinski definition) is 3. The van der Waals surface area contributed by atoms with E-state index in [1.165, 1.54) is 6.20 Å². The van der Waals surface area contributed by atoms with Crippen LogP contribution in [0.25, 0.3) is 11.0 Å². The Morgan fingerprint density at radius 2 is 2.13 bits per heavy atom. The molecule has 0 saturated heterocycles. The highest BCUT2D eigenvalue weighted by Gasteiger charge is 2.14. The standard InChI is InChI=1S/C8H7Cl2FN4/c9-7-6-5(13-8(10)14-7)4(11)3-15(6)2-1-12/h3H,1-2,12H2. The predicted octanol–water partition coefficient (Wildman–Crippen LogP) is 1.84.